The summed E-state index contributed by atoms with van der Waals surface area (Å²) in [7, 11) is 0. The fourth-order valence-electron chi connectivity index (χ4n) is 9.88. The summed E-state index contributed by atoms with van der Waals surface area (Å²) < 4.78 is 98.8. The second kappa shape index (κ2) is 19.5. The van der Waals surface area contributed by atoms with E-state index in [4.69, 9.17) is 17.9 Å². The molecule has 10 rings (SSSR count). The van der Waals surface area contributed by atoms with Crippen molar-refractivity contribution in [3.05, 3.63) is 192 Å². The second-order valence-electron chi connectivity index (χ2n) is 19.7. The normalized spacial score (nSPS) is 14.7. The molecular weight excluding hydrogens is 841 g/mol. The van der Waals surface area contributed by atoms with Crippen molar-refractivity contribution in [2.24, 2.45) is 5.92 Å². The molecule has 3 heterocycles. The number of pyridine rings is 1. The predicted molar refractivity (Wildman–Crippen MR) is 292 cm³/mol. The van der Waals surface area contributed by atoms with Gasteiger partial charge < -0.3 is 14.5 Å². The Bertz CT molecular complexity index is 3710. The van der Waals surface area contributed by atoms with Crippen LogP contribution in [0.25, 0.3) is 49.9 Å². The molecule has 5 heteroatoms. The van der Waals surface area contributed by atoms with Crippen LogP contribution in [0.15, 0.2) is 170 Å². The van der Waals surface area contributed by atoms with E-state index in [0.29, 0.717) is 29.1 Å². The Labute approximate surface area is 424 Å². The molecule has 9 aromatic rings. The first-order valence-corrected chi connectivity index (χ1v) is 24.5. The summed E-state index contributed by atoms with van der Waals surface area (Å²) >= 11 is 0. The lowest BCUT2D eigenvalue weighted by Crippen LogP contribution is -2.25. The van der Waals surface area contributed by atoms with Crippen molar-refractivity contribution in [3.8, 4) is 39.6 Å². The van der Waals surface area contributed by atoms with Gasteiger partial charge in [0, 0.05) is 45.9 Å². The third kappa shape index (κ3) is 9.27. The van der Waals surface area contributed by atoms with Crippen molar-refractivity contribution in [2.75, 3.05) is 16.5 Å². The van der Waals surface area contributed by atoms with Crippen molar-refractivity contribution in [1.29, 1.82) is 0 Å². The maximum atomic E-state index is 9.30. The summed E-state index contributed by atoms with van der Waals surface area (Å²) in [6.07, 6.45) is 8.54. The fourth-order valence-corrected chi connectivity index (χ4v) is 9.88. The number of nitrogens with zero attached hydrogens (tertiary/aromatic N) is 4. The summed E-state index contributed by atoms with van der Waals surface area (Å²) in [5, 5.41) is 2.31. The van der Waals surface area contributed by atoms with Crippen molar-refractivity contribution in [2.45, 2.75) is 98.8 Å². The highest BCUT2D eigenvalue weighted by Crippen LogP contribution is 2.51. The highest BCUT2D eigenvalue weighted by atomic mass is 16.5. The van der Waals surface area contributed by atoms with E-state index in [2.05, 4.69) is 86.6 Å². The quantitative estimate of drug-likeness (QED) is 0.0960. The summed E-state index contributed by atoms with van der Waals surface area (Å²) in [4.78, 5) is 9.04. The zero-order valence-corrected chi connectivity index (χ0v) is 40.8. The number of anilines is 4. The lowest BCUT2D eigenvalue weighted by molar-refractivity contribution is 0.476. The van der Waals surface area contributed by atoms with Gasteiger partial charge in [0.15, 0.2) is 0 Å². The van der Waals surface area contributed by atoms with Crippen molar-refractivity contribution >= 4 is 44.6 Å². The zero-order valence-electron chi connectivity index (χ0n) is 50.8. The lowest BCUT2D eigenvalue weighted by Gasteiger charge is -2.28. The summed E-state index contributed by atoms with van der Waals surface area (Å²) in [5.74, 6) is 2.25. The molecule has 0 atom stereocenters. The molecular formula is C64H66N4O. The average Bonchev–Trinajstić information content (AvgIpc) is 4.15. The number of para-hydroxylation sites is 2. The van der Waals surface area contributed by atoms with Crippen LogP contribution >= 0.6 is 0 Å². The number of rotatable bonds is 15. The fraction of sp³-hybridized carbons (Fsp3) is 0.266. The molecule has 1 aliphatic rings. The van der Waals surface area contributed by atoms with E-state index in [0.717, 1.165) is 77.0 Å². The Kier molecular flexibility index (Phi) is 9.90. The minimum Gasteiger partial charge on any atom is -0.457 e. The molecule has 5 nitrogen and oxygen atoms in total. The standard InChI is InChI=1S/C64H66N4O/c1-8-10-13-22-45-31-32-57-55(36-45)56-39-49(21-9-2)61(42-60(56)68(57)62-40-50(33-34-65-62)64(5,6)7)69-52-28-20-27-51(41-52)66-43-67(59-30-19-18-29-58(59)66)63-53(47-23-14-11-15-24-47)37-46(35-44(3)4)38-54(63)48-25-16-12-17-26-48/h11-12,14-20,23-34,36-42,44H,8-10,13,21-22,35,43H2,1-7H3/i11D,12D,14D,15D,16D,17D,23D,24D,25D,26D. The molecule has 0 aliphatic carbocycles. The summed E-state index contributed by atoms with van der Waals surface area (Å²) in [6, 6.07) is 30.0. The van der Waals surface area contributed by atoms with Gasteiger partial charge in [-0.15, -0.1) is 0 Å². The Hall–Kier alpha value is -7.11. The highest BCUT2D eigenvalue weighted by Gasteiger charge is 2.32. The number of fused-ring (bicyclic) bond motifs is 4. The number of aryl methyl sites for hydroxylation is 2. The van der Waals surface area contributed by atoms with Gasteiger partial charge in [-0.2, -0.15) is 0 Å². The second-order valence-corrected chi connectivity index (χ2v) is 19.7. The van der Waals surface area contributed by atoms with E-state index in [-0.39, 0.29) is 40.3 Å². The van der Waals surface area contributed by atoms with Gasteiger partial charge in [-0.3, -0.25) is 4.57 Å². The van der Waals surface area contributed by atoms with Crippen LogP contribution in [0.1, 0.15) is 110 Å². The van der Waals surface area contributed by atoms with Gasteiger partial charge in [0.05, 0.1) is 41.8 Å². The van der Waals surface area contributed by atoms with Crippen molar-refractivity contribution in [3.63, 3.8) is 0 Å². The third-order valence-electron chi connectivity index (χ3n) is 13.2. The molecule has 0 N–H and O–H groups in total. The van der Waals surface area contributed by atoms with Gasteiger partial charge >= 0.3 is 0 Å². The van der Waals surface area contributed by atoms with Crippen LogP contribution < -0.4 is 14.5 Å². The van der Waals surface area contributed by atoms with E-state index in [1.54, 1.807) is 0 Å². The molecule has 1 aliphatic heterocycles. The highest BCUT2D eigenvalue weighted by molar-refractivity contribution is 6.10. The smallest absolute Gasteiger partial charge is 0.137 e. The van der Waals surface area contributed by atoms with Gasteiger partial charge in [-0.1, -0.05) is 152 Å². The van der Waals surface area contributed by atoms with Crippen LogP contribution in [-0.2, 0) is 24.7 Å². The molecule has 348 valence electrons. The van der Waals surface area contributed by atoms with E-state index in [1.165, 1.54) is 22.9 Å². The number of hydrogen-bond donors (Lipinski definition) is 0. The molecule has 2 aromatic heterocycles. The molecule has 0 bridgehead atoms. The molecule has 0 unspecified atom stereocenters. The average molecular weight is 917 g/mol. The molecule has 0 amide bonds. The third-order valence-corrected chi connectivity index (χ3v) is 13.2. The van der Waals surface area contributed by atoms with Crippen LogP contribution in [0.5, 0.6) is 11.5 Å². The Morgan fingerprint density at radius 3 is 2.01 bits per heavy atom. The van der Waals surface area contributed by atoms with Crippen LogP contribution in [0.2, 0.25) is 0 Å². The maximum Gasteiger partial charge on any atom is 0.137 e. The number of hydrogen-bond acceptors (Lipinski definition) is 4. The molecule has 0 saturated heterocycles. The maximum absolute atomic E-state index is 9.30. The number of aromatic nitrogens is 2. The molecule has 0 fully saturated rings. The van der Waals surface area contributed by atoms with Gasteiger partial charge in [-0.25, -0.2) is 4.98 Å². The molecule has 0 spiro atoms. The first-order valence-electron chi connectivity index (χ1n) is 29.5. The first-order chi connectivity index (χ1) is 37.7. The minimum absolute atomic E-state index is 0.0597. The van der Waals surface area contributed by atoms with Crippen LogP contribution in [-0.4, -0.2) is 16.2 Å². The Morgan fingerprint density at radius 1 is 0.652 bits per heavy atom. The molecule has 7 aromatic carbocycles. The summed E-state index contributed by atoms with van der Waals surface area (Å²) in [6.45, 7) is 15.2. The van der Waals surface area contributed by atoms with E-state index in [9.17, 15) is 5.48 Å². The number of ether oxygens (including phenoxy) is 1. The lowest BCUT2D eigenvalue weighted by atomic mass is 9.88. The molecule has 0 saturated carbocycles. The first kappa shape index (κ1) is 35.1. The molecule has 0 radical (unpaired) electrons. The van der Waals surface area contributed by atoms with Gasteiger partial charge in [0.2, 0.25) is 0 Å². The van der Waals surface area contributed by atoms with E-state index < -0.39 is 60.4 Å². The predicted octanol–water partition coefficient (Wildman–Crippen LogP) is 17.7. The van der Waals surface area contributed by atoms with Gasteiger partial charge in [-0.05, 0) is 137 Å². The Balaban J connectivity index is 1.14. The minimum atomic E-state index is -0.539. The SMILES string of the molecule is [2H]c1c([2H])c([2H])c(-c2cc(CC(C)C)cc(-c3c([2H])c([2H])c([2H])c([2H])c3[2H])c2N2CN(c3cccc(Oc4cc5c(cc4CCC)c4cc(CCCCC)ccc4n5-c4cc(C(C)(C)C)ccn4)c3)c3ccccc32)c([2H])c1[2H]. The monoisotopic (exact) mass is 917 g/mol. The van der Waals surface area contributed by atoms with Crippen LogP contribution in [0.3, 0.4) is 0 Å². The largest absolute Gasteiger partial charge is 0.457 e. The zero-order chi connectivity index (χ0) is 56.4. The summed E-state index contributed by atoms with van der Waals surface area (Å²) in [5.41, 5.74) is 9.23. The topological polar surface area (TPSA) is 33.5 Å². The van der Waals surface area contributed by atoms with Crippen molar-refractivity contribution in [1.82, 2.24) is 9.55 Å². The van der Waals surface area contributed by atoms with Crippen LogP contribution in [0.4, 0.5) is 22.7 Å². The number of unbranched alkanes of at least 4 members (excludes halogenated alkanes) is 2. The number of benzene rings is 7. The Morgan fingerprint density at radius 2 is 1.35 bits per heavy atom. The van der Waals surface area contributed by atoms with Crippen molar-refractivity contribution < 1.29 is 18.4 Å². The van der Waals surface area contributed by atoms with Crippen LogP contribution in [0, 0.1) is 5.92 Å². The van der Waals surface area contributed by atoms with Gasteiger partial charge in [0.1, 0.15) is 24.0 Å². The van der Waals surface area contributed by atoms with E-state index in [1.807, 2.05) is 85.6 Å². The van der Waals surface area contributed by atoms with E-state index >= 15 is 0 Å². The molecule has 69 heavy (non-hydrogen) atoms. The van der Waals surface area contributed by atoms with Gasteiger partial charge in [0.25, 0.3) is 0 Å².